The van der Waals surface area contributed by atoms with Crippen molar-refractivity contribution < 1.29 is 18.9 Å². The molecule has 0 bridgehead atoms. The number of ether oxygens (including phenoxy) is 4. The number of hydrogen-bond acceptors (Lipinski definition) is 6. The summed E-state index contributed by atoms with van der Waals surface area (Å²) >= 11 is 0. The van der Waals surface area contributed by atoms with Crippen LogP contribution in [0.15, 0.2) is 109 Å². The van der Waals surface area contributed by atoms with Gasteiger partial charge in [0.05, 0.1) is 5.41 Å². The van der Waals surface area contributed by atoms with Gasteiger partial charge in [0.15, 0.2) is 0 Å². The Bertz CT molecular complexity index is 2090. The van der Waals surface area contributed by atoms with E-state index in [1.165, 1.54) is 66.1 Å². The van der Waals surface area contributed by atoms with Gasteiger partial charge in [-0.1, -0.05) is 72.8 Å². The monoisotopic (exact) mass is 676 g/mol. The zero-order valence-corrected chi connectivity index (χ0v) is 29.5. The highest BCUT2D eigenvalue weighted by atomic mass is 16.5. The molecule has 3 aliphatic rings. The third-order valence-corrected chi connectivity index (χ3v) is 11.1. The first-order valence-corrected chi connectivity index (χ1v) is 18.2. The maximum absolute atomic E-state index is 6.27. The molecule has 6 aromatic rings. The molecule has 0 saturated heterocycles. The molecule has 6 aromatic carbocycles. The second-order valence-corrected chi connectivity index (χ2v) is 14.2. The van der Waals surface area contributed by atoms with Crippen LogP contribution >= 0.6 is 0 Å². The van der Waals surface area contributed by atoms with Gasteiger partial charge in [0.1, 0.15) is 25.0 Å². The molecule has 258 valence electrons. The van der Waals surface area contributed by atoms with Crippen LogP contribution in [-0.4, -0.2) is 63.8 Å². The van der Waals surface area contributed by atoms with Gasteiger partial charge >= 0.3 is 0 Å². The number of hydrogen-bond donors (Lipinski definition) is 0. The third kappa shape index (κ3) is 5.58. The molecule has 0 unspecified atom stereocenters. The molecule has 6 heteroatoms. The van der Waals surface area contributed by atoms with Crippen LogP contribution in [0.3, 0.4) is 0 Å². The van der Waals surface area contributed by atoms with E-state index in [-0.39, 0.29) is 0 Å². The van der Waals surface area contributed by atoms with Gasteiger partial charge < -0.3 is 18.9 Å². The number of nitrogens with zero attached hydrogens (tertiary/aromatic N) is 2. The summed E-state index contributed by atoms with van der Waals surface area (Å²) in [5, 5.41) is 4.85. The lowest BCUT2D eigenvalue weighted by atomic mass is 9.67. The van der Waals surface area contributed by atoms with Gasteiger partial charge in [0.2, 0.25) is 0 Å². The topological polar surface area (TPSA) is 43.4 Å². The molecule has 0 N–H and O–H groups in total. The van der Waals surface area contributed by atoms with E-state index in [1.807, 2.05) is 0 Å². The smallest absolute Gasteiger partial charge is 0.142 e. The zero-order chi connectivity index (χ0) is 34.4. The van der Waals surface area contributed by atoms with Crippen molar-refractivity contribution in [3.8, 4) is 22.6 Å². The van der Waals surface area contributed by atoms with Crippen molar-refractivity contribution in [2.45, 2.75) is 31.3 Å². The number of fused-ring (bicyclic) bond motifs is 7. The SMILES string of the molecule is COCCCN1COc2cc3ccc(C4(c5ccc6cc7c(cc6c5)CN(CCCOC)CO7)c5ccccc5-c5ccccc54)cc3cc2C1. The minimum atomic E-state index is -0.493. The Hall–Kier alpha value is -4.72. The largest absolute Gasteiger partial charge is 0.478 e. The molecule has 6 nitrogen and oxygen atoms in total. The van der Waals surface area contributed by atoms with Crippen molar-refractivity contribution in [1.29, 1.82) is 0 Å². The Morgan fingerprint density at radius 1 is 0.549 bits per heavy atom. The Kier molecular flexibility index (Phi) is 8.49. The van der Waals surface area contributed by atoms with Gasteiger partial charge in [-0.05, 0) is 104 Å². The Morgan fingerprint density at radius 2 is 1.02 bits per heavy atom. The van der Waals surface area contributed by atoms with Crippen molar-refractivity contribution in [1.82, 2.24) is 9.80 Å². The molecular weight excluding hydrogens is 633 g/mol. The molecule has 2 aliphatic heterocycles. The fraction of sp³-hybridized carbons (Fsp3) is 0.289. The maximum atomic E-state index is 6.27. The van der Waals surface area contributed by atoms with E-state index in [4.69, 9.17) is 18.9 Å². The second kappa shape index (κ2) is 13.4. The quantitative estimate of drug-likeness (QED) is 0.135. The summed E-state index contributed by atoms with van der Waals surface area (Å²) in [4.78, 5) is 4.72. The first kappa shape index (κ1) is 32.2. The number of rotatable bonds is 10. The van der Waals surface area contributed by atoms with Crippen LogP contribution in [0, 0.1) is 0 Å². The zero-order valence-electron chi connectivity index (χ0n) is 29.5. The first-order valence-electron chi connectivity index (χ1n) is 18.2. The molecule has 0 fully saturated rings. The summed E-state index contributed by atoms with van der Waals surface area (Å²) in [6.07, 6.45) is 1.98. The lowest BCUT2D eigenvalue weighted by Crippen LogP contribution is -2.33. The molecule has 0 spiro atoms. The van der Waals surface area contributed by atoms with E-state index >= 15 is 0 Å². The van der Waals surface area contributed by atoms with Gasteiger partial charge in [0.25, 0.3) is 0 Å². The summed E-state index contributed by atoms with van der Waals surface area (Å²) < 4.78 is 23.1. The predicted octanol–water partition coefficient (Wildman–Crippen LogP) is 8.73. The average Bonchev–Trinajstić information content (AvgIpc) is 3.47. The molecular formula is C45H44N2O4. The van der Waals surface area contributed by atoms with Crippen LogP contribution in [0.2, 0.25) is 0 Å². The van der Waals surface area contributed by atoms with Crippen LogP contribution in [-0.2, 0) is 28.0 Å². The van der Waals surface area contributed by atoms with Gasteiger partial charge in [0, 0.05) is 64.7 Å². The van der Waals surface area contributed by atoms with Crippen molar-refractivity contribution in [2.24, 2.45) is 0 Å². The highest BCUT2D eigenvalue weighted by Crippen LogP contribution is 2.56. The van der Waals surface area contributed by atoms with Crippen molar-refractivity contribution in [3.63, 3.8) is 0 Å². The van der Waals surface area contributed by atoms with E-state index in [0.29, 0.717) is 13.5 Å². The number of benzene rings is 6. The molecule has 51 heavy (non-hydrogen) atoms. The van der Waals surface area contributed by atoms with Crippen LogP contribution in [0.4, 0.5) is 0 Å². The fourth-order valence-corrected chi connectivity index (χ4v) is 8.70. The standard InChI is InChI=1S/C45H44N2O4/c1-48-19-7-17-46-27-35-21-33-23-37(15-13-31(33)25-43(35)50-29-46)45(41-11-5-3-9-39(41)40-10-4-6-12-42(40)45)38-16-14-32-26-44-36(22-34(32)24-38)28-47(30-51-44)18-8-20-49-2/h3-6,9-16,21-26H,7-8,17-20,27-30H2,1-2H3. The lowest BCUT2D eigenvalue weighted by Gasteiger charge is -2.35. The van der Waals surface area contributed by atoms with Gasteiger partial charge in [-0.2, -0.15) is 0 Å². The van der Waals surface area contributed by atoms with Gasteiger partial charge in [-0.3, -0.25) is 9.80 Å². The molecule has 0 saturated carbocycles. The van der Waals surface area contributed by atoms with Crippen LogP contribution in [0.5, 0.6) is 11.5 Å². The molecule has 0 atom stereocenters. The highest BCUT2D eigenvalue weighted by Gasteiger charge is 2.46. The third-order valence-electron chi connectivity index (χ3n) is 11.1. The van der Waals surface area contributed by atoms with Crippen molar-refractivity contribution >= 4 is 21.5 Å². The van der Waals surface area contributed by atoms with Crippen molar-refractivity contribution in [2.75, 3.05) is 54.0 Å². The molecule has 2 heterocycles. The first-order chi connectivity index (χ1) is 25.1. The summed E-state index contributed by atoms with van der Waals surface area (Å²) in [7, 11) is 3.53. The van der Waals surface area contributed by atoms with Gasteiger partial charge in [-0.15, -0.1) is 0 Å². The van der Waals surface area contributed by atoms with Crippen LogP contribution in [0.1, 0.15) is 46.2 Å². The van der Waals surface area contributed by atoms with Crippen LogP contribution in [0.25, 0.3) is 32.7 Å². The minimum Gasteiger partial charge on any atom is -0.478 e. The predicted molar refractivity (Wildman–Crippen MR) is 204 cm³/mol. The summed E-state index contributed by atoms with van der Waals surface area (Å²) in [6, 6.07) is 41.2. The van der Waals surface area contributed by atoms with E-state index in [1.54, 1.807) is 14.2 Å². The van der Waals surface area contributed by atoms with E-state index in [2.05, 4.69) is 119 Å². The normalized spacial score (nSPS) is 16.3. The van der Waals surface area contributed by atoms with Crippen molar-refractivity contribution in [3.05, 3.63) is 143 Å². The highest BCUT2D eigenvalue weighted by molar-refractivity contribution is 5.92. The summed E-state index contributed by atoms with van der Waals surface area (Å²) in [6.45, 7) is 6.38. The Labute approximate surface area is 300 Å². The fourth-order valence-electron chi connectivity index (χ4n) is 8.70. The van der Waals surface area contributed by atoms with Crippen LogP contribution < -0.4 is 9.47 Å². The van der Waals surface area contributed by atoms with Gasteiger partial charge in [-0.25, -0.2) is 0 Å². The Morgan fingerprint density at radius 3 is 1.49 bits per heavy atom. The summed E-state index contributed by atoms with van der Waals surface area (Å²) in [5.41, 5.74) is 9.75. The maximum Gasteiger partial charge on any atom is 0.142 e. The number of methoxy groups -OCH3 is 2. The Balaban J connectivity index is 1.19. The van der Waals surface area contributed by atoms with E-state index < -0.39 is 5.41 Å². The summed E-state index contributed by atoms with van der Waals surface area (Å²) in [5.74, 6) is 1.98. The van der Waals surface area contributed by atoms with E-state index in [9.17, 15) is 0 Å². The lowest BCUT2D eigenvalue weighted by molar-refractivity contribution is 0.0837. The molecule has 9 rings (SSSR count). The van der Waals surface area contributed by atoms with E-state index in [0.717, 1.165) is 63.7 Å². The minimum absolute atomic E-state index is 0.493. The average molecular weight is 677 g/mol. The molecule has 1 aliphatic carbocycles. The molecule has 0 radical (unpaired) electrons. The second-order valence-electron chi connectivity index (χ2n) is 14.2. The molecule has 0 aromatic heterocycles. The molecule has 0 amide bonds.